The maximum Gasteiger partial charge on any atom is 0.274 e. The molecule has 0 unspecified atom stereocenters. The van der Waals surface area contributed by atoms with Crippen LogP contribution in [0, 0.1) is 0 Å². The molecular formula is C20H27N5O. The highest BCUT2D eigenvalue weighted by atomic mass is 16.2. The van der Waals surface area contributed by atoms with E-state index in [4.69, 9.17) is 0 Å². The third kappa shape index (κ3) is 4.38. The van der Waals surface area contributed by atoms with Crippen LogP contribution in [0.25, 0.3) is 0 Å². The summed E-state index contributed by atoms with van der Waals surface area (Å²) in [5.41, 5.74) is 1.65. The molecule has 1 saturated heterocycles. The molecular weight excluding hydrogens is 326 g/mol. The van der Waals surface area contributed by atoms with E-state index in [-0.39, 0.29) is 5.91 Å². The summed E-state index contributed by atoms with van der Waals surface area (Å²) in [7, 11) is 0. The molecule has 1 amide bonds. The summed E-state index contributed by atoms with van der Waals surface area (Å²) in [6, 6.07) is 14.0. The molecule has 1 aromatic heterocycles. The minimum Gasteiger partial charge on any atom is -0.351 e. The van der Waals surface area contributed by atoms with Gasteiger partial charge in [-0.3, -0.25) is 4.79 Å². The maximum absolute atomic E-state index is 12.6. The van der Waals surface area contributed by atoms with E-state index < -0.39 is 0 Å². The molecule has 1 aliphatic heterocycles. The lowest BCUT2D eigenvalue weighted by atomic mass is 10.2. The van der Waals surface area contributed by atoms with Gasteiger partial charge in [0.05, 0.1) is 0 Å². The normalized spacial score (nSPS) is 15.1. The van der Waals surface area contributed by atoms with Gasteiger partial charge in [-0.2, -0.15) is 0 Å². The first-order valence-corrected chi connectivity index (χ1v) is 9.35. The number of hydrogen-bond donors (Lipinski definition) is 0. The third-order valence-corrected chi connectivity index (χ3v) is 4.90. The summed E-state index contributed by atoms with van der Waals surface area (Å²) in [6.45, 7) is 10.2. The Morgan fingerprint density at radius 1 is 1.00 bits per heavy atom. The van der Waals surface area contributed by atoms with Crippen molar-refractivity contribution in [3.8, 4) is 0 Å². The second-order valence-electron chi connectivity index (χ2n) is 6.50. The lowest BCUT2D eigenvalue weighted by Crippen LogP contribution is -2.48. The molecule has 1 aromatic carbocycles. The van der Waals surface area contributed by atoms with Gasteiger partial charge in [0.15, 0.2) is 11.5 Å². The van der Waals surface area contributed by atoms with E-state index >= 15 is 0 Å². The van der Waals surface area contributed by atoms with E-state index in [2.05, 4.69) is 46.0 Å². The number of anilines is 1. The molecule has 3 rings (SSSR count). The Labute approximate surface area is 155 Å². The second kappa shape index (κ2) is 8.76. The molecule has 138 valence electrons. The van der Waals surface area contributed by atoms with Gasteiger partial charge < -0.3 is 14.7 Å². The zero-order chi connectivity index (χ0) is 18.4. The summed E-state index contributed by atoms with van der Waals surface area (Å²) >= 11 is 0. The predicted octanol–water partition coefficient (Wildman–Crippen LogP) is 2.28. The van der Waals surface area contributed by atoms with E-state index in [0.717, 1.165) is 51.6 Å². The van der Waals surface area contributed by atoms with Crippen LogP contribution in [0.15, 0.2) is 42.5 Å². The largest absolute Gasteiger partial charge is 0.351 e. The lowest BCUT2D eigenvalue weighted by molar-refractivity contribution is 0.0636. The number of hydrogen-bond acceptors (Lipinski definition) is 5. The quantitative estimate of drug-likeness (QED) is 0.797. The van der Waals surface area contributed by atoms with E-state index in [9.17, 15) is 4.79 Å². The molecule has 0 atom stereocenters. The molecule has 0 saturated carbocycles. The summed E-state index contributed by atoms with van der Waals surface area (Å²) in [5.74, 6) is 0.773. The van der Waals surface area contributed by atoms with Gasteiger partial charge >= 0.3 is 0 Å². The van der Waals surface area contributed by atoms with Crippen molar-refractivity contribution in [2.45, 2.75) is 20.4 Å². The molecule has 0 radical (unpaired) electrons. The number of benzene rings is 1. The van der Waals surface area contributed by atoms with Crippen LogP contribution in [0.4, 0.5) is 5.82 Å². The van der Waals surface area contributed by atoms with Gasteiger partial charge in [0.1, 0.15) is 0 Å². The average molecular weight is 353 g/mol. The molecule has 1 aliphatic rings. The van der Waals surface area contributed by atoms with Crippen LogP contribution < -0.4 is 4.90 Å². The first-order chi connectivity index (χ1) is 12.7. The van der Waals surface area contributed by atoms with Crippen LogP contribution in [0.3, 0.4) is 0 Å². The van der Waals surface area contributed by atoms with Crippen molar-refractivity contribution in [1.82, 2.24) is 20.0 Å². The van der Waals surface area contributed by atoms with Crippen LogP contribution in [0.2, 0.25) is 0 Å². The molecule has 1 fully saturated rings. The summed E-state index contributed by atoms with van der Waals surface area (Å²) in [4.78, 5) is 19.0. The highest BCUT2D eigenvalue weighted by Crippen LogP contribution is 2.15. The van der Waals surface area contributed by atoms with Gasteiger partial charge in [-0.1, -0.05) is 37.3 Å². The molecule has 0 N–H and O–H groups in total. The van der Waals surface area contributed by atoms with Crippen molar-refractivity contribution in [2.75, 3.05) is 44.2 Å². The molecule has 0 spiro atoms. The Balaban J connectivity index is 1.64. The first kappa shape index (κ1) is 18.3. The van der Waals surface area contributed by atoms with Gasteiger partial charge in [-0.15, -0.1) is 10.2 Å². The Bertz CT molecular complexity index is 696. The number of amides is 1. The van der Waals surface area contributed by atoms with Crippen LogP contribution in [-0.4, -0.2) is 65.2 Å². The molecule has 6 heteroatoms. The number of rotatable bonds is 6. The van der Waals surface area contributed by atoms with E-state index in [0.29, 0.717) is 5.69 Å². The van der Waals surface area contributed by atoms with Gasteiger partial charge in [0.25, 0.3) is 5.91 Å². The Morgan fingerprint density at radius 3 is 2.31 bits per heavy atom. The Kier molecular flexibility index (Phi) is 6.17. The molecule has 2 heterocycles. The van der Waals surface area contributed by atoms with Crippen molar-refractivity contribution < 1.29 is 4.79 Å². The summed E-state index contributed by atoms with van der Waals surface area (Å²) in [5, 5.41) is 8.52. The van der Waals surface area contributed by atoms with Crippen molar-refractivity contribution >= 4 is 11.7 Å². The monoisotopic (exact) mass is 353 g/mol. The second-order valence-corrected chi connectivity index (χ2v) is 6.50. The summed E-state index contributed by atoms with van der Waals surface area (Å²) < 4.78 is 0. The Morgan fingerprint density at radius 2 is 1.73 bits per heavy atom. The fourth-order valence-electron chi connectivity index (χ4n) is 3.20. The van der Waals surface area contributed by atoms with Crippen molar-refractivity contribution in [2.24, 2.45) is 0 Å². The van der Waals surface area contributed by atoms with Crippen LogP contribution in [0.1, 0.15) is 29.9 Å². The fraction of sp³-hybridized carbons (Fsp3) is 0.450. The van der Waals surface area contributed by atoms with E-state index in [1.807, 2.05) is 29.2 Å². The average Bonchev–Trinajstić information content (AvgIpc) is 2.72. The number of likely N-dealkylation sites (N-methyl/N-ethyl adjacent to an activating group) is 1. The molecule has 2 aromatic rings. The zero-order valence-corrected chi connectivity index (χ0v) is 15.6. The van der Waals surface area contributed by atoms with Crippen molar-refractivity contribution in [1.29, 1.82) is 0 Å². The number of aromatic nitrogens is 2. The highest BCUT2D eigenvalue weighted by Gasteiger charge is 2.22. The fourth-order valence-corrected chi connectivity index (χ4v) is 3.20. The molecule has 0 bridgehead atoms. The van der Waals surface area contributed by atoms with Gasteiger partial charge in [0, 0.05) is 39.3 Å². The summed E-state index contributed by atoms with van der Waals surface area (Å²) in [6.07, 6.45) is 0. The minimum atomic E-state index is -0.0223. The molecule has 26 heavy (non-hydrogen) atoms. The van der Waals surface area contributed by atoms with Gasteiger partial charge in [-0.25, -0.2) is 0 Å². The Hall–Kier alpha value is -2.47. The predicted molar refractivity (Wildman–Crippen MR) is 103 cm³/mol. The van der Waals surface area contributed by atoms with Crippen LogP contribution >= 0.6 is 0 Å². The minimum absolute atomic E-state index is 0.0223. The van der Waals surface area contributed by atoms with Crippen LogP contribution in [-0.2, 0) is 6.54 Å². The standard InChI is InChI=1S/C20H27N5O/c1-3-23-12-14-25(15-13-23)20(26)18-10-11-19(22-21-18)24(4-2)16-17-8-6-5-7-9-17/h5-11H,3-4,12-16H2,1-2H3. The van der Waals surface area contributed by atoms with Crippen LogP contribution in [0.5, 0.6) is 0 Å². The number of carbonyl (C=O) groups excluding carboxylic acids is 1. The maximum atomic E-state index is 12.6. The first-order valence-electron chi connectivity index (χ1n) is 9.35. The van der Waals surface area contributed by atoms with Crippen molar-refractivity contribution in [3.63, 3.8) is 0 Å². The topological polar surface area (TPSA) is 52.6 Å². The molecule has 0 aliphatic carbocycles. The third-order valence-electron chi connectivity index (χ3n) is 4.90. The SMILES string of the molecule is CCN1CCN(C(=O)c2ccc(N(CC)Cc3ccccc3)nn2)CC1. The highest BCUT2D eigenvalue weighted by molar-refractivity contribution is 5.92. The number of nitrogens with zero attached hydrogens (tertiary/aromatic N) is 5. The van der Waals surface area contributed by atoms with Gasteiger partial charge in [0.2, 0.25) is 0 Å². The van der Waals surface area contributed by atoms with E-state index in [1.165, 1.54) is 5.56 Å². The molecule has 6 nitrogen and oxygen atoms in total. The lowest BCUT2D eigenvalue weighted by Gasteiger charge is -2.33. The number of carbonyl (C=O) groups is 1. The smallest absolute Gasteiger partial charge is 0.274 e. The zero-order valence-electron chi connectivity index (χ0n) is 15.6. The van der Waals surface area contributed by atoms with Gasteiger partial charge in [-0.05, 0) is 31.2 Å². The van der Waals surface area contributed by atoms with Crippen molar-refractivity contribution in [3.05, 3.63) is 53.7 Å². The van der Waals surface area contributed by atoms with E-state index in [1.54, 1.807) is 6.07 Å². The number of piperazine rings is 1.